The zero-order chi connectivity index (χ0) is 25.4. The van der Waals surface area contributed by atoms with Gasteiger partial charge in [0.1, 0.15) is 6.54 Å². The van der Waals surface area contributed by atoms with Crippen molar-refractivity contribution in [2.24, 2.45) is 0 Å². The minimum absolute atomic E-state index is 0.120. The number of nitrogens with zero attached hydrogens (tertiary/aromatic N) is 3. The van der Waals surface area contributed by atoms with Gasteiger partial charge in [-0.3, -0.25) is 19.5 Å². The molecule has 0 atom stereocenters. The number of hydrogen-bond acceptors (Lipinski definition) is 6. The van der Waals surface area contributed by atoms with Crippen LogP contribution in [-0.4, -0.2) is 67.3 Å². The molecule has 9 nitrogen and oxygen atoms in total. The molecular formula is C25H29ClN4O5. The molecule has 0 aliphatic heterocycles. The minimum Gasteiger partial charge on any atom is -0.493 e. The smallest absolute Gasteiger partial charge is 0.246 e. The van der Waals surface area contributed by atoms with Crippen LogP contribution in [0.3, 0.4) is 0 Å². The van der Waals surface area contributed by atoms with Crippen molar-refractivity contribution >= 4 is 29.4 Å². The Hall–Kier alpha value is -3.56. The van der Waals surface area contributed by atoms with Gasteiger partial charge in [0, 0.05) is 42.9 Å². The number of aromatic nitrogens is 2. The predicted octanol–water partition coefficient (Wildman–Crippen LogP) is 4.03. The molecule has 0 aliphatic rings. The zero-order valence-corrected chi connectivity index (χ0v) is 21.0. The van der Waals surface area contributed by atoms with Crippen molar-refractivity contribution in [3.8, 4) is 28.4 Å². The van der Waals surface area contributed by atoms with E-state index in [1.54, 1.807) is 63.3 Å². The van der Waals surface area contributed by atoms with E-state index < -0.39 is 0 Å². The number of halogens is 1. The summed E-state index contributed by atoms with van der Waals surface area (Å²) in [6.07, 6.45) is 2.10. The predicted molar refractivity (Wildman–Crippen MR) is 134 cm³/mol. The number of hydrogen-bond donors (Lipinski definition) is 1. The van der Waals surface area contributed by atoms with Crippen molar-refractivity contribution in [3.05, 3.63) is 53.7 Å². The third-order valence-corrected chi connectivity index (χ3v) is 5.55. The van der Waals surface area contributed by atoms with Crippen molar-refractivity contribution < 1.29 is 23.8 Å². The summed E-state index contributed by atoms with van der Waals surface area (Å²) in [5.41, 5.74) is 2.16. The fourth-order valence-corrected chi connectivity index (χ4v) is 3.58. The Morgan fingerprint density at radius 2 is 1.77 bits per heavy atom. The lowest BCUT2D eigenvalue weighted by Gasteiger charge is -2.21. The maximum absolute atomic E-state index is 12.9. The van der Waals surface area contributed by atoms with Crippen LogP contribution in [0.1, 0.15) is 13.3 Å². The number of amides is 2. The fourth-order valence-electron chi connectivity index (χ4n) is 3.45. The first-order chi connectivity index (χ1) is 16.9. The number of ether oxygens (including phenoxy) is 3. The van der Waals surface area contributed by atoms with Crippen molar-refractivity contribution in [2.75, 3.05) is 46.3 Å². The summed E-state index contributed by atoms with van der Waals surface area (Å²) in [5.74, 6) is 0.887. The highest BCUT2D eigenvalue weighted by Gasteiger charge is 2.19. The van der Waals surface area contributed by atoms with E-state index in [9.17, 15) is 9.59 Å². The topological polar surface area (TPSA) is 94.9 Å². The molecule has 3 rings (SSSR count). The summed E-state index contributed by atoms with van der Waals surface area (Å²) in [4.78, 5) is 31.3. The van der Waals surface area contributed by atoms with Crippen LogP contribution in [0.4, 0.5) is 5.95 Å². The molecule has 3 aromatic rings. The van der Waals surface area contributed by atoms with Crippen LogP contribution in [-0.2, 0) is 14.3 Å². The Labute approximate surface area is 209 Å². The molecule has 0 aliphatic carbocycles. The number of carbonyl (C=O) groups excluding carboxylic acids is 2. The van der Waals surface area contributed by atoms with E-state index in [1.165, 1.54) is 4.90 Å². The Bertz CT molecular complexity index is 1160. The third kappa shape index (κ3) is 6.52. The maximum atomic E-state index is 12.9. The first-order valence-electron chi connectivity index (χ1n) is 11.0. The molecule has 0 saturated carbocycles. The maximum Gasteiger partial charge on any atom is 0.246 e. The number of benzene rings is 2. The molecule has 1 heterocycles. The molecule has 2 aromatic carbocycles. The van der Waals surface area contributed by atoms with Crippen LogP contribution in [0.2, 0.25) is 5.02 Å². The Balaban J connectivity index is 1.96. The van der Waals surface area contributed by atoms with Gasteiger partial charge in [0.25, 0.3) is 0 Å². The Kier molecular flexibility index (Phi) is 9.11. The molecule has 10 heteroatoms. The van der Waals surface area contributed by atoms with Gasteiger partial charge in [-0.15, -0.1) is 0 Å². The molecule has 0 spiro atoms. The van der Waals surface area contributed by atoms with Crippen molar-refractivity contribution in [2.45, 2.75) is 13.3 Å². The van der Waals surface area contributed by atoms with Crippen LogP contribution in [0, 0.1) is 0 Å². The van der Waals surface area contributed by atoms with Crippen LogP contribution < -0.4 is 14.8 Å². The molecule has 1 aromatic heterocycles. The summed E-state index contributed by atoms with van der Waals surface area (Å²) in [6, 6.07) is 12.6. The Morgan fingerprint density at radius 1 is 1.06 bits per heavy atom. The van der Waals surface area contributed by atoms with Crippen molar-refractivity contribution in [1.82, 2.24) is 14.5 Å². The quantitative estimate of drug-likeness (QED) is 0.427. The van der Waals surface area contributed by atoms with Gasteiger partial charge in [0.2, 0.25) is 17.8 Å². The highest BCUT2D eigenvalue weighted by molar-refractivity contribution is 6.30. The molecule has 35 heavy (non-hydrogen) atoms. The number of methoxy groups -OCH3 is 3. The van der Waals surface area contributed by atoms with E-state index in [2.05, 4.69) is 10.3 Å². The summed E-state index contributed by atoms with van der Waals surface area (Å²) < 4.78 is 17.6. The van der Waals surface area contributed by atoms with E-state index in [1.807, 2.05) is 18.2 Å². The van der Waals surface area contributed by atoms with Crippen molar-refractivity contribution in [3.63, 3.8) is 0 Å². The van der Waals surface area contributed by atoms with Gasteiger partial charge in [0.05, 0.1) is 32.2 Å². The average Bonchev–Trinajstić information content (AvgIpc) is 3.29. The average molecular weight is 501 g/mol. The normalized spacial score (nSPS) is 10.7. The minimum atomic E-state index is -0.377. The standard InChI is InChI=1S/C25H29ClN4O5/c1-5-24(32)29(12-13-33-2)16-23(31)28-25-27-20(17-6-8-18(26)9-7-17)15-30(25)19-10-11-21(34-3)22(14-19)35-4/h6-11,14-15H,5,12-13,16H2,1-4H3,(H,27,28,31). The van der Waals surface area contributed by atoms with Crippen molar-refractivity contribution in [1.29, 1.82) is 0 Å². The second kappa shape index (κ2) is 12.2. The fraction of sp³-hybridized carbons (Fsp3) is 0.320. The van der Waals surface area contributed by atoms with Gasteiger partial charge in [-0.05, 0) is 24.3 Å². The lowest BCUT2D eigenvalue weighted by atomic mass is 10.2. The van der Waals surface area contributed by atoms with Gasteiger partial charge >= 0.3 is 0 Å². The largest absolute Gasteiger partial charge is 0.493 e. The van der Waals surface area contributed by atoms with Crippen LogP contribution in [0.5, 0.6) is 11.5 Å². The molecule has 0 unspecified atom stereocenters. The van der Waals surface area contributed by atoms with Gasteiger partial charge < -0.3 is 19.1 Å². The molecule has 186 valence electrons. The second-order valence-corrected chi connectivity index (χ2v) is 8.01. The van der Waals surface area contributed by atoms with E-state index in [0.29, 0.717) is 47.0 Å². The first-order valence-corrected chi connectivity index (χ1v) is 11.4. The van der Waals surface area contributed by atoms with E-state index >= 15 is 0 Å². The monoisotopic (exact) mass is 500 g/mol. The van der Waals surface area contributed by atoms with Gasteiger partial charge in [0.15, 0.2) is 11.5 Å². The molecule has 0 fully saturated rings. The van der Waals surface area contributed by atoms with Crippen LogP contribution in [0.15, 0.2) is 48.7 Å². The molecular weight excluding hydrogens is 472 g/mol. The summed E-state index contributed by atoms with van der Waals surface area (Å²) in [7, 11) is 4.66. The molecule has 0 saturated heterocycles. The lowest BCUT2D eigenvalue weighted by molar-refractivity contribution is -0.135. The third-order valence-electron chi connectivity index (χ3n) is 5.30. The molecule has 2 amide bonds. The highest BCUT2D eigenvalue weighted by atomic mass is 35.5. The molecule has 0 bridgehead atoms. The summed E-state index contributed by atoms with van der Waals surface area (Å²) >= 11 is 6.03. The highest BCUT2D eigenvalue weighted by Crippen LogP contribution is 2.32. The zero-order valence-electron chi connectivity index (χ0n) is 20.2. The summed E-state index contributed by atoms with van der Waals surface area (Å²) in [6.45, 7) is 2.28. The van der Waals surface area contributed by atoms with Gasteiger partial charge in [-0.25, -0.2) is 4.98 Å². The number of carbonyl (C=O) groups is 2. The number of nitrogens with one attached hydrogen (secondary N) is 1. The number of anilines is 1. The molecule has 0 radical (unpaired) electrons. The van der Waals surface area contributed by atoms with Gasteiger partial charge in [-0.1, -0.05) is 30.7 Å². The lowest BCUT2D eigenvalue weighted by Crippen LogP contribution is -2.39. The Morgan fingerprint density at radius 3 is 2.40 bits per heavy atom. The van der Waals surface area contributed by atoms with Crippen LogP contribution in [0.25, 0.3) is 16.9 Å². The van der Waals surface area contributed by atoms with Crippen LogP contribution >= 0.6 is 11.6 Å². The number of imidazole rings is 1. The SMILES string of the molecule is CCC(=O)N(CCOC)CC(=O)Nc1nc(-c2ccc(Cl)cc2)cn1-c1ccc(OC)c(OC)c1. The van der Waals surface area contributed by atoms with E-state index in [0.717, 1.165) is 5.56 Å². The summed E-state index contributed by atoms with van der Waals surface area (Å²) in [5, 5.41) is 3.45. The van der Waals surface area contributed by atoms with E-state index in [4.69, 9.17) is 25.8 Å². The molecule has 1 N–H and O–H groups in total. The first kappa shape index (κ1) is 26.1. The van der Waals surface area contributed by atoms with E-state index in [-0.39, 0.29) is 24.8 Å². The number of rotatable bonds is 11. The van der Waals surface area contributed by atoms with Gasteiger partial charge in [-0.2, -0.15) is 0 Å². The second-order valence-electron chi connectivity index (χ2n) is 7.58.